The minimum atomic E-state index is -4.51. The molecule has 0 aliphatic rings. The van der Waals surface area contributed by atoms with Crippen molar-refractivity contribution in [1.82, 2.24) is 4.98 Å². The molecular weight excluding hydrogens is 653 g/mol. The molecule has 1 unspecified atom stereocenters. The van der Waals surface area contributed by atoms with Gasteiger partial charge in [-0.25, -0.2) is 4.79 Å². The first-order chi connectivity index (χ1) is 22.7. The fraction of sp³-hybridized carbons (Fsp3) is 0.257. The number of pyridine rings is 1. The number of alkyl halides is 3. The van der Waals surface area contributed by atoms with E-state index in [1.54, 1.807) is 31.2 Å². The lowest BCUT2D eigenvalue weighted by molar-refractivity contribution is -0.137. The molecule has 0 aliphatic carbocycles. The van der Waals surface area contributed by atoms with E-state index in [4.69, 9.17) is 21.1 Å². The van der Waals surface area contributed by atoms with Crippen LogP contribution in [0.5, 0.6) is 11.5 Å². The molecule has 2 N–H and O–H groups in total. The maximum absolute atomic E-state index is 13.4. The van der Waals surface area contributed by atoms with Gasteiger partial charge in [0, 0.05) is 28.9 Å². The van der Waals surface area contributed by atoms with E-state index >= 15 is 0 Å². The Morgan fingerprint density at radius 3 is 2.33 bits per heavy atom. The second-order valence-electron chi connectivity index (χ2n) is 10.8. The Kier molecular flexibility index (Phi) is 11.5. The SMILES string of the molecule is COC(=O)c1cc(Cl)c(OC(=O)CCCc2ccc(NC(=O)c3ccc(C)nc3-c3ccc(C(F)(F)F)cc3)c(C(C)O)c2)c(OC)c1. The third-order valence-corrected chi connectivity index (χ3v) is 7.57. The zero-order chi connectivity index (χ0) is 35.2. The van der Waals surface area contributed by atoms with Crippen molar-refractivity contribution in [2.24, 2.45) is 0 Å². The van der Waals surface area contributed by atoms with Gasteiger partial charge in [0.2, 0.25) is 0 Å². The number of esters is 2. The molecule has 0 aliphatic heterocycles. The number of benzene rings is 3. The number of hydrogen-bond acceptors (Lipinski definition) is 8. The van der Waals surface area contributed by atoms with Gasteiger partial charge in [-0.05, 0) is 74.7 Å². The Bertz CT molecular complexity index is 1830. The summed E-state index contributed by atoms with van der Waals surface area (Å²) in [6.45, 7) is 3.24. The standard InChI is InChI=1S/C35H32ClF3N2O7/c1-19-8-14-25(31(40-19)22-10-12-24(13-11-22)35(37,38)39)33(44)41-28-15-9-21(16-26(28)20(2)42)6-5-7-30(43)48-32-27(36)17-23(34(45)47-4)18-29(32)46-3/h8-18,20,42H,5-7H2,1-4H3,(H,41,44). The molecule has 1 heterocycles. The lowest BCUT2D eigenvalue weighted by Gasteiger charge is -2.17. The van der Waals surface area contributed by atoms with Crippen LogP contribution in [0.1, 0.15) is 69.0 Å². The first-order valence-electron chi connectivity index (χ1n) is 14.7. The Labute approximate surface area is 279 Å². The van der Waals surface area contributed by atoms with Crippen LogP contribution in [0, 0.1) is 6.92 Å². The van der Waals surface area contributed by atoms with Gasteiger partial charge in [-0.1, -0.05) is 35.9 Å². The maximum Gasteiger partial charge on any atom is 0.416 e. The average molecular weight is 685 g/mol. The van der Waals surface area contributed by atoms with Crippen molar-refractivity contribution in [3.8, 4) is 22.8 Å². The first kappa shape index (κ1) is 35.9. The number of aliphatic hydroxyl groups excluding tert-OH is 1. The third kappa shape index (κ3) is 8.69. The molecule has 4 rings (SSSR count). The van der Waals surface area contributed by atoms with Gasteiger partial charge < -0.3 is 24.6 Å². The summed E-state index contributed by atoms with van der Waals surface area (Å²) in [7, 11) is 2.56. The van der Waals surface area contributed by atoms with E-state index in [0.717, 1.165) is 17.7 Å². The van der Waals surface area contributed by atoms with Crippen LogP contribution >= 0.6 is 11.6 Å². The smallest absolute Gasteiger partial charge is 0.416 e. The second kappa shape index (κ2) is 15.3. The summed E-state index contributed by atoms with van der Waals surface area (Å²) in [4.78, 5) is 42.3. The number of carbonyl (C=O) groups excluding carboxylic acids is 3. The number of nitrogens with one attached hydrogen (secondary N) is 1. The molecule has 48 heavy (non-hydrogen) atoms. The zero-order valence-electron chi connectivity index (χ0n) is 26.4. The van der Waals surface area contributed by atoms with Crippen molar-refractivity contribution in [3.05, 3.63) is 105 Å². The predicted octanol–water partition coefficient (Wildman–Crippen LogP) is 7.76. The number of methoxy groups -OCH3 is 2. The number of nitrogens with zero attached hydrogens (tertiary/aromatic N) is 1. The van der Waals surface area contributed by atoms with E-state index in [1.165, 1.54) is 51.5 Å². The van der Waals surface area contributed by atoms with Crippen molar-refractivity contribution >= 4 is 35.1 Å². The Morgan fingerprint density at radius 1 is 1.00 bits per heavy atom. The quantitative estimate of drug-likeness (QED) is 0.121. The molecule has 0 saturated carbocycles. The summed E-state index contributed by atoms with van der Waals surface area (Å²) in [6.07, 6.45) is -4.67. The van der Waals surface area contributed by atoms with Gasteiger partial charge >= 0.3 is 18.1 Å². The summed E-state index contributed by atoms with van der Waals surface area (Å²) in [5.74, 6) is -1.73. The number of ether oxygens (including phenoxy) is 3. The van der Waals surface area contributed by atoms with Crippen LogP contribution in [0.25, 0.3) is 11.3 Å². The summed E-state index contributed by atoms with van der Waals surface area (Å²) >= 11 is 6.23. The molecule has 0 fully saturated rings. The van der Waals surface area contributed by atoms with Gasteiger partial charge in [0.05, 0.1) is 47.7 Å². The number of amides is 1. The highest BCUT2D eigenvalue weighted by Crippen LogP contribution is 2.37. The zero-order valence-corrected chi connectivity index (χ0v) is 27.2. The van der Waals surface area contributed by atoms with Crippen molar-refractivity contribution < 1.29 is 46.9 Å². The summed E-state index contributed by atoms with van der Waals surface area (Å²) in [5.41, 5.74) is 2.08. The molecule has 9 nitrogen and oxygen atoms in total. The summed E-state index contributed by atoms with van der Waals surface area (Å²) < 4.78 is 54.6. The van der Waals surface area contributed by atoms with E-state index in [-0.39, 0.29) is 39.8 Å². The topological polar surface area (TPSA) is 124 Å². The lowest BCUT2D eigenvalue weighted by Crippen LogP contribution is -2.16. The highest BCUT2D eigenvalue weighted by Gasteiger charge is 2.30. The Balaban J connectivity index is 1.45. The molecule has 0 bridgehead atoms. The van der Waals surface area contributed by atoms with Crippen LogP contribution in [-0.4, -0.2) is 42.2 Å². The number of aromatic nitrogens is 1. The Morgan fingerprint density at radius 2 is 1.71 bits per heavy atom. The van der Waals surface area contributed by atoms with Crippen LogP contribution < -0.4 is 14.8 Å². The number of anilines is 1. The van der Waals surface area contributed by atoms with Crippen LogP contribution in [0.2, 0.25) is 5.02 Å². The predicted molar refractivity (Wildman–Crippen MR) is 172 cm³/mol. The minimum Gasteiger partial charge on any atom is -0.493 e. The average Bonchev–Trinajstić information content (AvgIpc) is 3.05. The fourth-order valence-electron chi connectivity index (χ4n) is 4.85. The van der Waals surface area contributed by atoms with Crippen molar-refractivity contribution in [1.29, 1.82) is 0 Å². The van der Waals surface area contributed by atoms with E-state index in [1.807, 2.05) is 0 Å². The van der Waals surface area contributed by atoms with Crippen LogP contribution in [-0.2, 0) is 22.1 Å². The lowest BCUT2D eigenvalue weighted by atomic mass is 10.00. The highest BCUT2D eigenvalue weighted by molar-refractivity contribution is 6.32. The van der Waals surface area contributed by atoms with E-state index in [9.17, 15) is 32.7 Å². The van der Waals surface area contributed by atoms with Gasteiger partial charge in [0.15, 0.2) is 11.5 Å². The van der Waals surface area contributed by atoms with E-state index in [2.05, 4.69) is 15.0 Å². The Hall–Kier alpha value is -4.94. The minimum absolute atomic E-state index is 0.00443. The molecule has 1 amide bonds. The fourth-order valence-corrected chi connectivity index (χ4v) is 5.10. The largest absolute Gasteiger partial charge is 0.493 e. The molecule has 252 valence electrons. The molecule has 0 spiro atoms. The van der Waals surface area contributed by atoms with Gasteiger partial charge in [-0.2, -0.15) is 13.2 Å². The number of hydrogen-bond donors (Lipinski definition) is 2. The number of aliphatic hydroxyl groups is 1. The molecule has 3 aromatic carbocycles. The number of carbonyl (C=O) groups is 3. The first-order valence-corrected chi connectivity index (χ1v) is 15.0. The van der Waals surface area contributed by atoms with Crippen molar-refractivity contribution in [2.75, 3.05) is 19.5 Å². The van der Waals surface area contributed by atoms with Crippen LogP contribution in [0.3, 0.4) is 0 Å². The van der Waals surface area contributed by atoms with E-state index in [0.29, 0.717) is 35.3 Å². The molecule has 0 saturated heterocycles. The highest BCUT2D eigenvalue weighted by atomic mass is 35.5. The molecule has 0 radical (unpaired) electrons. The monoisotopic (exact) mass is 684 g/mol. The molecule has 13 heteroatoms. The van der Waals surface area contributed by atoms with Crippen LogP contribution in [0.4, 0.5) is 18.9 Å². The third-order valence-electron chi connectivity index (χ3n) is 7.29. The maximum atomic E-state index is 13.4. The second-order valence-corrected chi connectivity index (χ2v) is 11.2. The normalized spacial score (nSPS) is 11.9. The summed E-state index contributed by atoms with van der Waals surface area (Å²) in [6, 6.07) is 15.3. The molecule has 4 aromatic rings. The molecule has 1 aromatic heterocycles. The number of aryl methyl sites for hydroxylation is 2. The van der Waals surface area contributed by atoms with Gasteiger partial charge in [0.25, 0.3) is 5.91 Å². The van der Waals surface area contributed by atoms with Gasteiger partial charge in [-0.15, -0.1) is 0 Å². The summed E-state index contributed by atoms with van der Waals surface area (Å²) in [5, 5.41) is 13.3. The van der Waals surface area contributed by atoms with Crippen LogP contribution in [0.15, 0.2) is 66.7 Å². The van der Waals surface area contributed by atoms with E-state index < -0.39 is 35.7 Å². The molecule has 1 atom stereocenters. The van der Waals surface area contributed by atoms with Gasteiger partial charge in [-0.3, -0.25) is 14.6 Å². The van der Waals surface area contributed by atoms with Crippen molar-refractivity contribution in [2.45, 2.75) is 45.4 Å². The van der Waals surface area contributed by atoms with Crippen molar-refractivity contribution in [3.63, 3.8) is 0 Å². The number of rotatable bonds is 11. The van der Waals surface area contributed by atoms with Gasteiger partial charge in [0.1, 0.15) is 0 Å². The number of halogens is 4. The molecular formula is C35H32ClF3N2O7.